The minimum Gasteiger partial charge on any atom is -0.437 e. The summed E-state index contributed by atoms with van der Waals surface area (Å²) in [4.78, 5) is 12.8. The number of rotatable bonds is 6. The lowest BCUT2D eigenvalue weighted by Crippen LogP contribution is -2.44. The van der Waals surface area contributed by atoms with Crippen LogP contribution in [0.15, 0.2) is 25.0 Å². The molecular formula is C22H40B2N6O2. The Balaban J connectivity index is 0.000000181. The van der Waals surface area contributed by atoms with Gasteiger partial charge in [-0.3, -0.25) is 0 Å². The number of hydrogen-bond donors (Lipinski definition) is 2. The van der Waals surface area contributed by atoms with E-state index in [1.165, 1.54) is 37.1 Å². The zero-order valence-corrected chi connectivity index (χ0v) is 20.3. The van der Waals surface area contributed by atoms with Crippen molar-refractivity contribution in [3.05, 3.63) is 36.4 Å². The monoisotopic (exact) mass is 442 g/mol. The van der Waals surface area contributed by atoms with Gasteiger partial charge in [-0.2, -0.15) is 0 Å². The lowest BCUT2D eigenvalue weighted by atomic mass is 9.80. The lowest BCUT2D eigenvalue weighted by molar-refractivity contribution is 0.240. The Labute approximate surface area is 193 Å². The lowest BCUT2D eigenvalue weighted by Gasteiger charge is -2.33. The van der Waals surface area contributed by atoms with Crippen LogP contribution in [0.5, 0.6) is 0 Å². The highest BCUT2D eigenvalue weighted by molar-refractivity contribution is 6.45. The molecule has 176 valence electrons. The molecule has 8 nitrogen and oxygen atoms in total. The van der Waals surface area contributed by atoms with Gasteiger partial charge in [-0.25, -0.2) is 9.97 Å². The quantitative estimate of drug-likeness (QED) is 0.662. The van der Waals surface area contributed by atoms with Gasteiger partial charge < -0.3 is 28.8 Å². The summed E-state index contributed by atoms with van der Waals surface area (Å²) in [6.45, 7) is 7.75. The second kappa shape index (κ2) is 12.0. The Morgan fingerprint density at radius 1 is 0.938 bits per heavy atom. The molecule has 2 aliphatic heterocycles. The molecule has 4 heterocycles. The van der Waals surface area contributed by atoms with Crippen LogP contribution in [0.25, 0.3) is 0 Å². The highest BCUT2D eigenvalue weighted by Crippen LogP contribution is 2.21. The van der Waals surface area contributed by atoms with E-state index in [0.29, 0.717) is 11.8 Å². The van der Waals surface area contributed by atoms with E-state index >= 15 is 0 Å². The van der Waals surface area contributed by atoms with Gasteiger partial charge in [0.05, 0.1) is 18.3 Å². The van der Waals surface area contributed by atoms with Gasteiger partial charge in [-0.05, 0) is 90.2 Å². The van der Waals surface area contributed by atoms with E-state index in [4.69, 9.17) is 0 Å². The standard InChI is InChI=1S/2C11H20BN3O/c1-12(16)15-5-3-4-10(8-15)6-11-7-13-9-14(11)2;1-12(16)15-5-3-4-10(7-15)6-11-8-14(2)9-13-11/h7,9-10,16H,3-6,8H2,1-2H3;8-10,16H,3-7H2,1-2H3/t2*10-/m00/s1. The minimum absolute atomic E-state index is 0.311. The minimum atomic E-state index is -0.313. The van der Waals surface area contributed by atoms with E-state index in [2.05, 4.69) is 30.4 Å². The highest BCUT2D eigenvalue weighted by atomic mass is 16.2. The summed E-state index contributed by atoms with van der Waals surface area (Å²) in [5.74, 6) is 1.29. The second-order valence-electron chi connectivity index (χ2n) is 9.70. The molecule has 0 bridgehead atoms. The number of aromatic nitrogens is 4. The summed E-state index contributed by atoms with van der Waals surface area (Å²) < 4.78 is 4.08. The molecule has 2 aromatic heterocycles. The maximum Gasteiger partial charge on any atom is 0.376 e. The molecule has 0 aromatic carbocycles. The van der Waals surface area contributed by atoms with Crippen LogP contribution in [0.1, 0.15) is 37.1 Å². The van der Waals surface area contributed by atoms with Crippen LogP contribution in [0, 0.1) is 11.8 Å². The van der Waals surface area contributed by atoms with Gasteiger partial charge in [0.25, 0.3) is 0 Å². The Morgan fingerprint density at radius 3 is 2.00 bits per heavy atom. The first-order valence-electron chi connectivity index (χ1n) is 12.1. The number of hydrogen-bond acceptors (Lipinski definition) is 6. The fourth-order valence-corrected chi connectivity index (χ4v) is 4.95. The summed E-state index contributed by atoms with van der Waals surface area (Å²) >= 11 is 0. The van der Waals surface area contributed by atoms with E-state index in [9.17, 15) is 10.0 Å². The molecule has 10 heteroatoms. The molecule has 0 saturated carbocycles. The molecule has 2 N–H and O–H groups in total. The third-order valence-electron chi connectivity index (χ3n) is 6.83. The van der Waals surface area contributed by atoms with Crippen LogP contribution in [0.4, 0.5) is 0 Å². The van der Waals surface area contributed by atoms with Crippen LogP contribution >= 0.6 is 0 Å². The number of imidazole rings is 2. The summed E-state index contributed by atoms with van der Waals surface area (Å²) in [7, 11) is 3.41. The van der Waals surface area contributed by atoms with Gasteiger partial charge in [0.1, 0.15) is 0 Å². The summed E-state index contributed by atoms with van der Waals surface area (Å²) in [5, 5.41) is 19.2. The Kier molecular flexibility index (Phi) is 9.40. The van der Waals surface area contributed by atoms with Gasteiger partial charge in [0.2, 0.25) is 0 Å². The first-order valence-corrected chi connectivity index (χ1v) is 12.1. The third-order valence-corrected chi connectivity index (χ3v) is 6.83. The first kappa shape index (κ1) is 25.0. The Morgan fingerprint density at radius 2 is 1.53 bits per heavy atom. The molecule has 0 amide bonds. The molecule has 0 spiro atoms. The summed E-state index contributed by atoms with van der Waals surface area (Å²) in [5.41, 5.74) is 2.46. The van der Waals surface area contributed by atoms with Crippen molar-refractivity contribution < 1.29 is 10.0 Å². The Hall–Kier alpha value is -1.61. The van der Waals surface area contributed by atoms with E-state index in [1.807, 2.05) is 51.2 Å². The van der Waals surface area contributed by atoms with Gasteiger partial charge in [-0.15, -0.1) is 0 Å². The second-order valence-corrected chi connectivity index (χ2v) is 9.70. The molecular weight excluding hydrogens is 402 g/mol. The molecule has 4 rings (SSSR count). The predicted molar refractivity (Wildman–Crippen MR) is 130 cm³/mol. The smallest absolute Gasteiger partial charge is 0.376 e. The Bertz CT molecular complexity index is 812. The van der Waals surface area contributed by atoms with Gasteiger partial charge in [0, 0.05) is 32.2 Å². The third kappa shape index (κ3) is 7.47. The number of aryl methyl sites for hydroxylation is 2. The fourth-order valence-electron chi connectivity index (χ4n) is 4.95. The van der Waals surface area contributed by atoms with Crippen LogP contribution < -0.4 is 0 Å². The van der Waals surface area contributed by atoms with Crippen molar-refractivity contribution in [3.8, 4) is 0 Å². The van der Waals surface area contributed by atoms with Crippen molar-refractivity contribution in [2.24, 2.45) is 25.9 Å². The van der Waals surface area contributed by atoms with E-state index in [1.54, 1.807) is 0 Å². The predicted octanol–water partition coefficient (Wildman–Crippen LogP) is 1.57. The van der Waals surface area contributed by atoms with E-state index in [0.717, 1.165) is 39.0 Å². The molecule has 0 aliphatic carbocycles. The van der Waals surface area contributed by atoms with E-state index < -0.39 is 0 Å². The van der Waals surface area contributed by atoms with Crippen LogP contribution in [-0.2, 0) is 26.9 Å². The fraction of sp³-hybridized carbons (Fsp3) is 0.727. The molecule has 0 radical (unpaired) electrons. The van der Waals surface area contributed by atoms with Crippen molar-refractivity contribution in [1.82, 2.24) is 28.7 Å². The van der Waals surface area contributed by atoms with Crippen molar-refractivity contribution in [2.75, 3.05) is 26.2 Å². The molecule has 2 fully saturated rings. The maximum absolute atomic E-state index is 9.58. The SMILES string of the molecule is CB(O)N1CCC[C@@H](Cc2cn(C)cn2)C1.CB(O)N1CCC[C@@H](Cc2cncn2C)C1. The van der Waals surface area contributed by atoms with Gasteiger partial charge in [-0.1, -0.05) is 0 Å². The molecule has 2 saturated heterocycles. The first-order chi connectivity index (χ1) is 15.3. The highest BCUT2D eigenvalue weighted by Gasteiger charge is 2.26. The van der Waals surface area contributed by atoms with Crippen molar-refractivity contribution >= 4 is 14.1 Å². The number of piperidine rings is 2. The van der Waals surface area contributed by atoms with Crippen molar-refractivity contribution in [3.63, 3.8) is 0 Å². The van der Waals surface area contributed by atoms with Crippen LogP contribution in [0.2, 0.25) is 13.6 Å². The maximum atomic E-state index is 9.58. The molecule has 2 aliphatic rings. The average Bonchev–Trinajstić information content (AvgIpc) is 3.36. The molecule has 2 aromatic rings. The zero-order chi connectivity index (χ0) is 23.1. The van der Waals surface area contributed by atoms with Gasteiger partial charge in [0.15, 0.2) is 0 Å². The van der Waals surface area contributed by atoms with Crippen molar-refractivity contribution in [2.45, 2.75) is 52.2 Å². The van der Waals surface area contributed by atoms with Crippen molar-refractivity contribution in [1.29, 1.82) is 0 Å². The topological polar surface area (TPSA) is 82.6 Å². The molecule has 2 atom stereocenters. The van der Waals surface area contributed by atoms with E-state index in [-0.39, 0.29) is 14.1 Å². The summed E-state index contributed by atoms with van der Waals surface area (Å²) in [6, 6.07) is 0. The van der Waals surface area contributed by atoms with Crippen LogP contribution in [-0.4, -0.2) is 79.1 Å². The summed E-state index contributed by atoms with van der Waals surface area (Å²) in [6.07, 6.45) is 14.7. The molecule has 32 heavy (non-hydrogen) atoms. The largest absolute Gasteiger partial charge is 0.437 e. The number of nitrogens with zero attached hydrogens (tertiary/aromatic N) is 6. The normalized spacial score (nSPS) is 22.3. The van der Waals surface area contributed by atoms with Gasteiger partial charge >= 0.3 is 14.1 Å². The zero-order valence-electron chi connectivity index (χ0n) is 20.3. The molecule has 0 unspecified atom stereocenters. The average molecular weight is 442 g/mol. The van der Waals surface area contributed by atoms with Crippen LogP contribution in [0.3, 0.4) is 0 Å².